The number of allylic oxidation sites excluding steroid dienone is 1. The average molecular weight is 390 g/mol. The molecule has 0 fully saturated rings. The number of fused-ring (bicyclic) bond motifs is 6. The third kappa shape index (κ3) is 2.36. The topological polar surface area (TPSA) is 0 Å². The van der Waals surface area contributed by atoms with Gasteiger partial charge >= 0.3 is 127 Å². The van der Waals surface area contributed by atoms with Crippen molar-refractivity contribution in [2.75, 3.05) is 0 Å². The second-order valence-electron chi connectivity index (χ2n) is 5.08. The Bertz CT molecular complexity index is 894. The number of rotatable bonds is 0. The van der Waals surface area contributed by atoms with Crippen molar-refractivity contribution in [3.63, 3.8) is 0 Å². The molecule has 0 aliphatic heterocycles. The molecule has 4 rings (SSSR count). The van der Waals surface area contributed by atoms with Crippen LogP contribution in [0.4, 0.5) is 0 Å². The molecule has 0 spiro atoms. The Morgan fingerprint density at radius 1 is 0.714 bits per heavy atom. The van der Waals surface area contributed by atoms with Gasteiger partial charge in [-0.25, -0.2) is 0 Å². The van der Waals surface area contributed by atoms with Gasteiger partial charge in [-0.2, -0.15) is 0 Å². The Labute approximate surface area is 151 Å². The third-order valence-corrected chi connectivity index (χ3v) is 5.56. The van der Waals surface area contributed by atoms with Gasteiger partial charge in [-0.15, -0.1) is 0 Å². The maximum atomic E-state index is 2.36. The quantitative estimate of drug-likeness (QED) is 0.410. The van der Waals surface area contributed by atoms with Crippen LogP contribution in [0.1, 0.15) is 18.1 Å². The maximum Gasteiger partial charge on any atom is -1.00 e. The molecule has 0 aromatic heterocycles. The SMILES string of the molecule is CC1=Cc2c(c3ccccc3c3ccccc23)[C]1=[Zr+2].[Cl-].[Cl-]. The van der Waals surface area contributed by atoms with Gasteiger partial charge in [-0.1, -0.05) is 0 Å². The van der Waals surface area contributed by atoms with Crippen molar-refractivity contribution in [3.05, 3.63) is 65.2 Å². The van der Waals surface area contributed by atoms with Gasteiger partial charge < -0.3 is 24.8 Å². The molecule has 0 N–H and O–H groups in total. The van der Waals surface area contributed by atoms with Gasteiger partial charge in [0.15, 0.2) is 0 Å². The molecular formula is C18H12Cl2Zr. The zero-order valence-corrected chi connectivity index (χ0v) is 15.4. The minimum atomic E-state index is 0. The van der Waals surface area contributed by atoms with E-state index in [9.17, 15) is 0 Å². The first-order valence-electron chi connectivity index (χ1n) is 6.48. The molecule has 0 radical (unpaired) electrons. The van der Waals surface area contributed by atoms with Crippen LogP contribution in [0.2, 0.25) is 0 Å². The van der Waals surface area contributed by atoms with Crippen LogP contribution in [-0.2, 0) is 24.2 Å². The minimum absolute atomic E-state index is 0. The van der Waals surface area contributed by atoms with Crippen molar-refractivity contribution in [2.24, 2.45) is 0 Å². The van der Waals surface area contributed by atoms with Crippen LogP contribution in [0, 0.1) is 0 Å². The van der Waals surface area contributed by atoms with E-state index in [1.165, 1.54) is 65.7 Å². The molecule has 0 atom stereocenters. The summed E-state index contributed by atoms with van der Waals surface area (Å²) in [6.45, 7) is 2.23. The van der Waals surface area contributed by atoms with Crippen molar-refractivity contribution in [1.29, 1.82) is 0 Å². The molecule has 0 unspecified atom stereocenters. The molecule has 102 valence electrons. The van der Waals surface area contributed by atoms with Gasteiger partial charge in [0.2, 0.25) is 0 Å². The van der Waals surface area contributed by atoms with Crippen LogP contribution in [0.25, 0.3) is 27.6 Å². The van der Waals surface area contributed by atoms with Gasteiger partial charge in [0.05, 0.1) is 0 Å². The van der Waals surface area contributed by atoms with Crippen molar-refractivity contribution in [2.45, 2.75) is 6.92 Å². The molecule has 0 heterocycles. The normalized spacial score (nSPS) is 12.7. The van der Waals surface area contributed by atoms with Crippen LogP contribution >= 0.6 is 0 Å². The summed E-state index contributed by atoms with van der Waals surface area (Å²) in [7, 11) is 0. The van der Waals surface area contributed by atoms with Crippen molar-refractivity contribution >= 4 is 30.8 Å². The molecule has 21 heavy (non-hydrogen) atoms. The van der Waals surface area contributed by atoms with Crippen LogP contribution < -0.4 is 24.8 Å². The summed E-state index contributed by atoms with van der Waals surface area (Å²) in [6.07, 6.45) is 2.36. The van der Waals surface area contributed by atoms with Crippen LogP contribution in [0.15, 0.2) is 54.1 Å². The molecule has 0 amide bonds. The number of benzene rings is 3. The largest absolute Gasteiger partial charge is 1.00 e. The molecule has 0 saturated carbocycles. The Balaban J connectivity index is 0.000000807. The van der Waals surface area contributed by atoms with E-state index in [4.69, 9.17) is 0 Å². The fourth-order valence-electron chi connectivity index (χ4n) is 3.07. The first-order chi connectivity index (χ1) is 9.27. The molecule has 1 aliphatic carbocycles. The smallest absolute Gasteiger partial charge is 1.00 e. The zero-order chi connectivity index (χ0) is 13.0. The van der Waals surface area contributed by atoms with E-state index < -0.39 is 0 Å². The number of hydrogen-bond acceptors (Lipinski definition) is 0. The van der Waals surface area contributed by atoms with Gasteiger partial charge in [-0.05, 0) is 0 Å². The van der Waals surface area contributed by atoms with Gasteiger partial charge in [0, 0.05) is 0 Å². The van der Waals surface area contributed by atoms with Gasteiger partial charge in [0.25, 0.3) is 0 Å². The maximum absolute atomic E-state index is 2.36. The van der Waals surface area contributed by atoms with E-state index in [2.05, 4.69) is 61.5 Å². The first-order valence-corrected chi connectivity index (χ1v) is 7.71. The van der Waals surface area contributed by atoms with E-state index in [0.29, 0.717) is 0 Å². The molecule has 0 saturated heterocycles. The Morgan fingerprint density at radius 3 is 1.81 bits per heavy atom. The van der Waals surface area contributed by atoms with Crippen LogP contribution in [0.5, 0.6) is 0 Å². The fourth-order valence-corrected chi connectivity index (χ4v) is 3.91. The van der Waals surface area contributed by atoms with Gasteiger partial charge in [0.1, 0.15) is 0 Å². The molecule has 0 nitrogen and oxygen atoms in total. The van der Waals surface area contributed by atoms with Crippen molar-refractivity contribution in [3.8, 4) is 0 Å². The standard InChI is InChI=1S/C18H12.2ClH.Zr/c1-12-10-17-15-8-4-2-6-13(15)14-7-3-5-9-16(14)18(17)11-12;;;/h2-10H,1H3;2*1H;/q;;;+2/p-2. The summed E-state index contributed by atoms with van der Waals surface area (Å²) in [6, 6.07) is 17.6. The molecule has 3 aromatic rings. The fraction of sp³-hybridized carbons (Fsp3) is 0.0556. The first kappa shape index (κ1) is 16.6. The molecule has 3 heteroatoms. The summed E-state index contributed by atoms with van der Waals surface area (Å²) in [4.78, 5) is 0. The molecular weight excluding hydrogens is 378 g/mol. The van der Waals surface area contributed by atoms with E-state index >= 15 is 0 Å². The van der Waals surface area contributed by atoms with E-state index in [-0.39, 0.29) is 24.8 Å². The molecule has 3 aromatic carbocycles. The summed E-state index contributed by atoms with van der Waals surface area (Å²) in [5.74, 6) is 0. The van der Waals surface area contributed by atoms with E-state index in [1.54, 1.807) is 0 Å². The monoisotopic (exact) mass is 388 g/mol. The van der Waals surface area contributed by atoms with Crippen LogP contribution in [0.3, 0.4) is 0 Å². The summed E-state index contributed by atoms with van der Waals surface area (Å²) in [5.41, 5.74) is 4.30. The van der Waals surface area contributed by atoms with E-state index in [0.717, 1.165) is 0 Å². The number of halogens is 2. The summed E-state index contributed by atoms with van der Waals surface area (Å²) in [5, 5.41) is 5.52. The zero-order valence-electron chi connectivity index (χ0n) is 11.5. The summed E-state index contributed by atoms with van der Waals surface area (Å²) < 4.78 is 1.50. The molecule has 0 bridgehead atoms. The second kappa shape index (κ2) is 6.17. The van der Waals surface area contributed by atoms with Gasteiger partial charge in [-0.3, -0.25) is 0 Å². The molecule has 1 aliphatic rings. The van der Waals surface area contributed by atoms with E-state index in [1.807, 2.05) is 0 Å². The Morgan fingerprint density at radius 2 is 1.19 bits per heavy atom. The second-order valence-corrected chi connectivity index (χ2v) is 6.31. The van der Waals surface area contributed by atoms with Crippen LogP contribution in [-0.4, -0.2) is 3.21 Å². The number of hydrogen-bond donors (Lipinski definition) is 0. The predicted molar refractivity (Wildman–Crippen MR) is 79.2 cm³/mol. The Hall–Kier alpha value is -0.747. The predicted octanol–water partition coefficient (Wildman–Crippen LogP) is -1.51. The third-order valence-electron chi connectivity index (χ3n) is 3.98. The minimum Gasteiger partial charge on any atom is -1.00 e. The van der Waals surface area contributed by atoms with Crippen molar-refractivity contribution < 1.29 is 49.0 Å². The summed E-state index contributed by atoms with van der Waals surface area (Å²) >= 11 is 1.50. The Kier molecular flexibility index (Phi) is 4.88. The average Bonchev–Trinajstić information content (AvgIpc) is 2.76. The van der Waals surface area contributed by atoms with Crippen molar-refractivity contribution in [1.82, 2.24) is 0 Å².